The minimum absolute atomic E-state index is 0.424. The molecule has 0 atom stereocenters. The summed E-state index contributed by atoms with van der Waals surface area (Å²) in [6.07, 6.45) is 8.73. The summed E-state index contributed by atoms with van der Waals surface area (Å²) in [5.74, 6) is -0.849. The maximum absolute atomic E-state index is 10.6. The Kier molecular flexibility index (Phi) is 6.77. The number of rotatable bonds is 4. The number of hydrogen-bond donors (Lipinski definition) is 0. The van der Waals surface area contributed by atoms with Gasteiger partial charge in [0.1, 0.15) is 0 Å². The number of ether oxygens (including phenoxy) is 2. The minimum atomic E-state index is -0.424. The molecule has 0 saturated heterocycles. The van der Waals surface area contributed by atoms with Gasteiger partial charge in [0.05, 0.1) is 14.2 Å². The second-order valence-corrected chi connectivity index (χ2v) is 2.15. The van der Waals surface area contributed by atoms with E-state index in [9.17, 15) is 9.59 Å². The van der Waals surface area contributed by atoms with Gasteiger partial charge in [-0.2, -0.15) is 0 Å². The summed E-state index contributed by atoms with van der Waals surface area (Å²) in [6, 6.07) is 0. The number of esters is 2. The number of allylic oxidation sites excluding steroid dienone is 4. The summed E-state index contributed by atoms with van der Waals surface area (Å²) in [5.41, 5.74) is 0. The van der Waals surface area contributed by atoms with Gasteiger partial charge in [0.2, 0.25) is 0 Å². The molecule has 0 heterocycles. The Hall–Kier alpha value is -1.84. The van der Waals surface area contributed by atoms with Crippen LogP contribution in [0.2, 0.25) is 0 Å². The normalized spacial score (nSPS) is 11.3. The van der Waals surface area contributed by atoms with Gasteiger partial charge in [-0.05, 0) is 0 Å². The zero-order valence-corrected chi connectivity index (χ0v) is 8.10. The van der Waals surface area contributed by atoms with Crippen molar-refractivity contribution in [3.05, 3.63) is 36.5 Å². The molecule has 0 saturated carbocycles. The lowest BCUT2D eigenvalue weighted by Crippen LogP contribution is -1.93. The first-order chi connectivity index (χ1) is 6.70. The Morgan fingerprint density at radius 2 is 1.14 bits per heavy atom. The molecule has 0 rings (SSSR count). The molecule has 0 amide bonds. The van der Waals surface area contributed by atoms with E-state index in [-0.39, 0.29) is 0 Å². The van der Waals surface area contributed by atoms with Crippen molar-refractivity contribution in [2.24, 2.45) is 0 Å². The van der Waals surface area contributed by atoms with Crippen molar-refractivity contribution in [3.63, 3.8) is 0 Å². The van der Waals surface area contributed by atoms with E-state index in [0.29, 0.717) is 0 Å². The van der Waals surface area contributed by atoms with Gasteiger partial charge in [0.25, 0.3) is 0 Å². The van der Waals surface area contributed by atoms with E-state index in [2.05, 4.69) is 9.47 Å². The van der Waals surface area contributed by atoms with E-state index >= 15 is 0 Å². The van der Waals surface area contributed by atoms with E-state index < -0.39 is 11.9 Å². The van der Waals surface area contributed by atoms with Crippen LogP contribution in [0, 0.1) is 0 Å². The van der Waals surface area contributed by atoms with E-state index in [0.717, 1.165) is 0 Å². The molecule has 4 heteroatoms. The van der Waals surface area contributed by atoms with Crippen molar-refractivity contribution in [1.29, 1.82) is 0 Å². The van der Waals surface area contributed by atoms with Gasteiger partial charge in [-0.25, -0.2) is 9.59 Å². The predicted molar refractivity (Wildman–Crippen MR) is 51.5 cm³/mol. The van der Waals surface area contributed by atoms with Crippen LogP contribution < -0.4 is 0 Å². The molecule has 0 fully saturated rings. The summed E-state index contributed by atoms with van der Waals surface area (Å²) < 4.78 is 8.72. The van der Waals surface area contributed by atoms with E-state index in [4.69, 9.17) is 0 Å². The third-order valence-corrected chi connectivity index (χ3v) is 1.20. The van der Waals surface area contributed by atoms with Crippen molar-refractivity contribution in [2.75, 3.05) is 14.2 Å². The Morgan fingerprint density at radius 3 is 1.43 bits per heavy atom. The topological polar surface area (TPSA) is 52.6 Å². The van der Waals surface area contributed by atoms with Gasteiger partial charge in [-0.15, -0.1) is 0 Å². The number of carbonyl (C=O) groups excluding carboxylic acids is 2. The molecule has 0 aliphatic carbocycles. The molecule has 0 N–H and O–H groups in total. The van der Waals surface area contributed by atoms with Gasteiger partial charge in [0.15, 0.2) is 0 Å². The Bertz CT molecular complexity index is 246. The Balaban J connectivity index is 3.85. The highest BCUT2D eigenvalue weighted by atomic mass is 16.5. The summed E-state index contributed by atoms with van der Waals surface area (Å²) >= 11 is 0. The molecule has 0 aromatic heterocycles. The quantitative estimate of drug-likeness (QED) is 0.382. The van der Waals surface area contributed by atoms with Crippen molar-refractivity contribution in [2.45, 2.75) is 0 Å². The zero-order chi connectivity index (χ0) is 10.8. The maximum atomic E-state index is 10.6. The molecule has 4 nitrogen and oxygen atoms in total. The lowest BCUT2D eigenvalue weighted by Gasteiger charge is -1.86. The van der Waals surface area contributed by atoms with Crippen LogP contribution in [0.1, 0.15) is 0 Å². The molecule has 14 heavy (non-hydrogen) atoms. The van der Waals surface area contributed by atoms with Crippen molar-refractivity contribution in [3.8, 4) is 0 Å². The third-order valence-electron chi connectivity index (χ3n) is 1.20. The van der Waals surface area contributed by atoms with Crippen molar-refractivity contribution in [1.82, 2.24) is 0 Å². The fourth-order valence-corrected chi connectivity index (χ4v) is 0.533. The van der Waals surface area contributed by atoms with Gasteiger partial charge in [-0.1, -0.05) is 24.3 Å². The highest BCUT2D eigenvalue weighted by molar-refractivity contribution is 5.82. The first-order valence-corrected chi connectivity index (χ1v) is 3.88. The third kappa shape index (κ3) is 6.84. The van der Waals surface area contributed by atoms with Gasteiger partial charge in [-0.3, -0.25) is 0 Å². The summed E-state index contributed by atoms with van der Waals surface area (Å²) in [7, 11) is 2.60. The number of carbonyl (C=O) groups is 2. The number of methoxy groups -OCH3 is 2. The van der Waals surface area contributed by atoms with Crippen LogP contribution in [0.25, 0.3) is 0 Å². The minimum Gasteiger partial charge on any atom is -0.466 e. The highest BCUT2D eigenvalue weighted by Crippen LogP contribution is 1.83. The smallest absolute Gasteiger partial charge is 0.330 e. The molecular formula is C10H12O4. The molecule has 0 unspecified atom stereocenters. The van der Waals surface area contributed by atoms with Gasteiger partial charge in [0, 0.05) is 12.2 Å². The molecule has 0 aromatic rings. The van der Waals surface area contributed by atoms with E-state index in [1.165, 1.54) is 38.5 Å². The first kappa shape index (κ1) is 12.2. The molecule has 76 valence electrons. The molecular weight excluding hydrogens is 184 g/mol. The summed E-state index contributed by atoms with van der Waals surface area (Å²) in [6.45, 7) is 0. The Labute approximate surface area is 82.5 Å². The average Bonchev–Trinajstić information content (AvgIpc) is 2.22. The summed E-state index contributed by atoms with van der Waals surface area (Å²) in [4.78, 5) is 21.1. The summed E-state index contributed by atoms with van der Waals surface area (Å²) in [5, 5.41) is 0. The average molecular weight is 196 g/mol. The fourth-order valence-electron chi connectivity index (χ4n) is 0.533. The van der Waals surface area contributed by atoms with Crippen molar-refractivity contribution >= 4 is 11.9 Å². The molecule has 0 bridgehead atoms. The largest absolute Gasteiger partial charge is 0.466 e. The van der Waals surface area contributed by atoms with Crippen LogP contribution >= 0.6 is 0 Å². The first-order valence-electron chi connectivity index (χ1n) is 3.88. The van der Waals surface area contributed by atoms with Crippen LogP contribution in [0.15, 0.2) is 36.5 Å². The lowest BCUT2D eigenvalue weighted by atomic mass is 10.4. The van der Waals surface area contributed by atoms with Gasteiger partial charge >= 0.3 is 11.9 Å². The predicted octanol–water partition coefficient (Wildman–Crippen LogP) is 1.00. The fraction of sp³-hybridized carbons (Fsp3) is 0.200. The Morgan fingerprint density at radius 1 is 0.786 bits per heavy atom. The van der Waals surface area contributed by atoms with Crippen LogP contribution in [0.3, 0.4) is 0 Å². The van der Waals surface area contributed by atoms with Crippen LogP contribution in [0.5, 0.6) is 0 Å². The molecule has 0 aliphatic rings. The number of hydrogen-bond acceptors (Lipinski definition) is 4. The molecule has 0 aliphatic heterocycles. The second kappa shape index (κ2) is 7.79. The molecule has 0 radical (unpaired) electrons. The SMILES string of the molecule is COC(=O)/C=C/C=C\C=C\C(=O)OC. The lowest BCUT2D eigenvalue weighted by molar-refractivity contribution is -0.135. The van der Waals surface area contributed by atoms with Crippen LogP contribution in [0.4, 0.5) is 0 Å². The van der Waals surface area contributed by atoms with Crippen LogP contribution in [-0.2, 0) is 19.1 Å². The zero-order valence-electron chi connectivity index (χ0n) is 8.10. The maximum Gasteiger partial charge on any atom is 0.330 e. The monoisotopic (exact) mass is 196 g/mol. The van der Waals surface area contributed by atoms with Crippen LogP contribution in [-0.4, -0.2) is 26.2 Å². The van der Waals surface area contributed by atoms with Crippen molar-refractivity contribution < 1.29 is 19.1 Å². The highest BCUT2D eigenvalue weighted by Gasteiger charge is 1.87. The molecule has 0 aromatic carbocycles. The molecule has 0 spiro atoms. The van der Waals surface area contributed by atoms with Gasteiger partial charge < -0.3 is 9.47 Å². The van der Waals surface area contributed by atoms with E-state index in [1.807, 2.05) is 0 Å². The second-order valence-electron chi connectivity index (χ2n) is 2.15. The standard InChI is InChI=1S/C10H12O4/c1-13-9(11)7-5-3-4-6-8-10(12)14-2/h3-8H,1-2H3/b4-3-,7-5+,8-6+. The van der Waals surface area contributed by atoms with E-state index in [1.54, 1.807) is 12.2 Å².